The van der Waals surface area contributed by atoms with Crippen LogP contribution in [0.25, 0.3) is 0 Å². The summed E-state index contributed by atoms with van der Waals surface area (Å²) in [6.45, 7) is 1.86. The van der Waals surface area contributed by atoms with Gasteiger partial charge in [-0.2, -0.15) is 0 Å². The van der Waals surface area contributed by atoms with Gasteiger partial charge in [0.1, 0.15) is 0 Å². The van der Waals surface area contributed by atoms with E-state index >= 15 is 0 Å². The van der Waals surface area contributed by atoms with Gasteiger partial charge >= 0.3 is 11.9 Å². The number of aromatic amines is 1. The van der Waals surface area contributed by atoms with Crippen molar-refractivity contribution in [3.8, 4) is 0 Å². The van der Waals surface area contributed by atoms with Crippen LogP contribution < -0.4 is 0 Å². The van der Waals surface area contributed by atoms with Crippen LogP contribution >= 0.6 is 0 Å². The Balaban J connectivity index is 2.32. The van der Waals surface area contributed by atoms with Crippen molar-refractivity contribution in [3.63, 3.8) is 0 Å². The van der Waals surface area contributed by atoms with E-state index < -0.39 is 11.9 Å². The average Bonchev–Trinajstić information content (AvgIpc) is 2.51. The molecule has 0 aliphatic heterocycles. The summed E-state index contributed by atoms with van der Waals surface area (Å²) in [6.07, 6.45) is 1.94. The van der Waals surface area contributed by atoms with E-state index in [1.165, 1.54) is 6.33 Å². The Morgan fingerprint density at radius 2 is 2.36 bits per heavy atom. The van der Waals surface area contributed by atoms with Crippen LogP contribution in [0.4, 0.5) is 0 Å². The van der Waals surface area contributed by atoms with Crippen LogP contribution in [0.2, 0.25) is 0 Å². The average molecular weight is 198 g/mol. The summed E-state index contributed by atoms with van der Waals surface area (Å²) in [5.41, 5.74) is 1.65. The van der Waals surface area contributed by atoms with Crippen LogP contribution in [0.1, 0.15) is 11.4 Å². The number of H-pyrrole nitrogens is 1. The molecule has 0 bridgehead atoms. The Morgan fingerprint density at radius 3 is 2.86 bits per heavy atom. The van der Waals surface area contributed by atoms with Crippen LogP contribution in [-0.4, -0.2) is 33.6 Å². The molecule has 0 radical (unpaired) electrons. The zero-order valence-electron chi connectivity index (χ0n) is 7.61. The summed E-state index contributed by atoms with van der Waals surface area (Å²) in [5.74, 6) is -2.82. The van der Waals surface area contributed by atoms with Crippen molar-refractivity contribution in [1.82, 2.24) is 9.97 Å². The van der Waals surface area contributed by atoms with E-state index in [2.05, 4.69) is 14.7 Å². The van der Waals surface area contributed by atoms with Gasteiger partial charge in [0.25, 0.3) is 0 Å². The van der Waals surface area contributed by atoms with Gasteiger partial charge in [-0.15, -0.1) is 0 Å². The van der Waals surface area contributed by atoms with E-state index in [0.717, 1.165) is 11.4 Å². The molecule has 0 aliphatic rings. The van der Waals surface area contributed by atoms with Crippen LogP contribution in [0.3, 0.4) is 0 Å². The van der Waals surface area contributed by atoms with Crippen molar-refractivity contribution >= 4 is 11.9 Å². The number of aliphatic carboxylic acids is 1. The number of imidazole rings is 1. The van der Waals surface area contributed by atoms with E-state index in [1.54, 1.807) is 0 Å². The Labute approximate surface area is 79.9 Å². The largest absolute Gasteiger partial charge is 0.473 e. The maximum absolute atomic E-state index is 10.5. The molecule has 0 unspecified atom stereocenters. The second kappa shape index (κ2) is 4.40. The maximum Gasteiger partial charge on any atom is 0.417 e. The van der Waals surface area contributed by atoms with Gasteiger partial charge in [0.15, 0.2) is 0 Å². The van der Waals surface area contributed by atoms with E-state index in [4.69, 9.17) is 5.11 Å². The number of carboxylic acid groups (broad SMARTS) is 1. The summed E-state index contributed by atoms with van der Waals surface area (Å²) in [7, 11) is 0. The fourth-order valence-electron chi connectivity index (χ4n) is 0.941. The molecule has 1 aromatic heterocycles. The molecule has 0 atom stereocenters. The van der Waals surface area contributed by atoms with Crippen LogP contribution in [-0.2, 0) is 20.7 Å². The Morgan fingerprint density at radius 1 is 1.64 bits per heavy atom. The lowest BCUT2D eigenvalue weighted by atomic mass is 10.3. The molecule has 0 aromatic carbocycles. The molecule has 6 nitrogen and oxygen atoms in total. The van der Waals surface area contributed by atoms with Crippen molar-refractivity contribution in [2.24, 2.45) is 0 Å². The van der Waals surface area contributed by atoms with Crippen molar-refractivity contribution in [2.45, 2.75) is 13.3 Å². The van der Waals surface area contributed by atoms with Crippen LogP contribution in [0.15, 0.2) is 6.33 Å². The second-order valence-electron chi connectivity index (χ2n) is 2.67. The highest BCUT2D eigenvalue weighted by Gasteiger charge is 2.12. The lowest BCUT2D eigenvalue weighted by Crippen LogP contribution is -2.17. The Kier molecular flexibility index (Phi) is 3.22. The molecule has 0 amide bonds. The van der Waals surface area contributed by atoms with E-state index in [0.29, 0.717) is 6.42 Å². The molecule has 6 heteroatoms. The molecule has 0 fully saturated rings. The number of aromatic nitrogens is 2. The molecule has 1 aromatic rings. The summed E-state index contributed by atoms with van der Waals surface area (Å²) >= 11 is 0. The number of carboxylic acids is 1. The molecular weight excluding hydrogens is 188 g/mol. The standard InChI is InChI=1S/C8H10N2O4/c1-5-6(10-4-9-5)2-3-14-8(13)7(11)12/h4H,2-3H2,1H3,(H,9,10)(H,11,12). The van der Waals surface area contributed by atoms with E-state index in [-0.39, 0.29) is 6.61 Å². The zero-order valence-corrected chi connectivity index (χ0v) is 7.61. The molecule has 1 heterocycles. The molecule has 14 heavy (non-hydrogen) atoms. The molecule has 0 aliphatic carbocycles. The van der Waals surface area contributed by atoms with Gasteiger partial charge in [-0.05, 0) is 6.92 Å². The Bertz CT molecular complexity index is 345. The minimum Gasteiger partial charge on any atom is -0.473 e. The third kappa shape index (κ3) is 2.58. The maximum atomic E-state index is 10.5. The topological polar surface area (TPSA) is 92.3 Å². The van der Waals surface area contributed by atoms with Gasteiger partial charge in [-0.25, -0.2) is 14.6 Å². The summed E-state index contributed by atoms with van der Waals surface area (Å²) in [6, 6.07) is 0. The Hall–Kier alpha value is -1.85. The number of aryl methyl sites for hydroxylation is 1. The van der Waals surface area contributed by atoms with Crippen molar-refractivity contribution in [3.05, 3.63) is 17.7 Å². The van der Waals surface area contributed by atoms with Crippen molar-refractivity contribution in [1.29, 1.82) is 0 Å². The number of nitrogens with zero attached hydrogens (tertiary/aromatic N) is 1. The normalized spacial score (nSPS) is 9.79. The number of carbonyl (C=O) groups excluding carboxylic acids is 1. The minimum atomic E-state index is -1.58. The second-order valence-corrected chi connectivity index (χ2v) is 2.67. The third-order valence-corrected chi connectivity index (χ3v) is 1.68. The number of hydrogen-bond donors (Lipinski definition) is 2. The number of ether oxygens (including phenoxy) is 1. The quantitative estimate of drug-likeness (QED) is 0.522. The molecule has 0 spiro atoms. The van der Waals surface area contributed by atoms with Gasteiger partial charge < -0.3 is 14.8 Å². The van der Waals surface area contributed by atoms with Gasteiger partial charge in [-0.3, -0.25) is 0 Å². The first-order valence-corrected chi connectivity index (χ1v) is 4.00. The first kappa shape index (κ1) is 10.2. The van der Waals surface area contributed by atoms with E-state index in [1.807, 2.05) is 6.92 Å². The highest BCUT2D eigenvalue weighted by Crippen LogP contribution is 2.01. The minimum absolute atomic E-state index is 0.0246. The van der Waals surface area contributed by atoms with E-state index in [9.17, 15) is 9.59 Å². The fourth-order valence-corrected chi connectivity index (χ4v) is 0.941. The van der Waals surface area contributed by atoms with Gasteiger partial charge in [0.05, 0.1) is 18.6 Å². The number of rotatable bonds is 3. The number of hydrogen-bond acceptors (Lipinski definition) is 4. The summed E-state index contributed by atoms with van der Waals surface area (Å²) < 4.78 is 4.44. The molecule has 76 valence electrons. The molecule has 0 saturated heterocycles. The lowest BCUT2D eigenvalue weighted by Gasteiger charge is -1.99. The van der Waals surface area contributed by atoms with Gasteiger partial charge in [0, 0.05) is 12.1 Å². The van der Waals surface area contributed by atoms with Crippen molar-refractivity contribution < 1.29 is 19.4 Å². The summed E-state index contributed by atoms with van der Waals surface area (Å²) in [5, 5.41) is 8.20. The zero-order chi connectivity index (χ0) is 10.6. The summed E-state index contributed by atoms with van der Waals surface area (Å²) in [4.78, 5) is 27.4. The molecule has 0 saturated carbocycles. The number of esters is 1. The monoisotopic (exact) mass is 198 g/mol. The predicted octanol–water partition coefficient (Wildman–Crippen LogP) is -0.112. The molecule has 2 N–H and O–H groups in total. The predicted molar refractivity (Wildman–Crippen MR) is 45.6 cm³/mol. The highest BCUT2D eigenvalue weighted by atomic mass is 16.6. The smallest absolute Gasteiger partial charge is 0.417 e. The van der Waals surface area contributed by atoms with Crippen LogP contribution in [0, 0.1) is 6.92 Å². The molecular formula is C8H10N2O4. The molecule has 1 rings (SSSR count). The van der Waals surface area contributed by atoms with Crippen molar-refractivity contribution in [2.75, 3.05) is 6.61 Å². The van der Waals surface area contributed by atoms with Crippen LogP contribution in [0.5, 0.6) is 0 Å². The van der Waals surface area contributed by atoms with Gasteiger partial charge in [-0.1, -0.05) is 0 Å². The lowest BCUT2D eigenvalue weighted by molar-refractivity contribution is -0.163. The first-order valence-electron chi connectivity index (χ1n) is 4.00. The third-order valence-electron chi connectivity index (χ3n) is 1.68. The fraction of sp³-hybridized carbons (Fsp3) is 0.375. The van der Waals surface area contributed by atoms with Gasteiger partial charge in [0.2, 0.25) is 0 Å². The SMILES string of the molecule is Cc1[nH]cnc1CCOC(=O)C(=O)O. The number of nitrogens with one attached hydrogen (secondary N) is 1. The first-order chi connectivity index (χ1) is 6.61. The highest BCUT2D eigenvalue weighted by molar-refractivity contribution is 6.28. The number of carbonyl (C=O) groups is 2.